The number of rotatable bonds is 7. The van der Waals surface area contributed by atoms with Crippen molar-refractivity contribution in [3.8, 4) is 0 Å². The molecule has 2 heterocycles. The molecule has 1 aliphatic rings. The Morgan fingerprint density at radius 1 is 1.29 bits per heavy atom. The third-order valence-electron chi connectivity index (χ3n) is 4.45. The van der Waals surface area contributed by atoms with Gasteiger partial charge in [-0.1, -0.05) is 18.2 Å². The van der Waals surface area contributed by atoms with Crippen molar-refractivity contribution in [3.63, 3.8) is 0 Å². The summed E-state index contributed by atoms with van der Waals surface area (Å²) in [6, 6.07) is 6.87. The predicted octanol–water partition coefficient (Wildman–Crippen LogP) is 0.562. The monoisotopic (exact) mass is 385 g/mol. The topological polar surface area (TPSA) is 106 Å². The molecule has 148 valence electrons. The molecule has 3 amide bonds. The fourth-order valence-electron chi connectivity index (χ4n) is 3.22. The molecule has 0 fully saturated rings. The van der Waals surface area contributed by atoms with E-state index in [0.29, 0.717) is 25.3 Å². The van der Waals surface area contributed by atoms with Crippen LogP contribution < -0.4 is 15.5 Å². The van der Waals surface area contributed by atoms with Crippen molar-refractivity contribution in [2.24, 2.45) is 0 Å². The van der Waals surface area contributed by atoms with Gasteiger partial charge < -0.3 is 15.4 Å². The first-order valence-electron chi connectivity index (χ1n) is 8.96. The van der Waals surface area contributed by atoms with Crippen LogP contribution in [0, 0.1) is 0 Å². The van der Waals surface area contributed by atoms with Crippen molar-refractivity contribution in [2.75, 3.05) is 30.5 Å². The molecule has 0 saturated carbocycles. The molecule has 9 nitrogen and oxygen atoms in total. The third kappa shape index (κ3) is 4.37. The molecular formula is C19H23N5O4. The number of benzene rings is 1. The number of anilines is 2. The molecule has 2 aromatic rings. The van der Waals surface area contributed by atoms with E-state index in [1.165, 1.54) is 22.7 Å². The number of fused-ring (bicyclic) bond motifs is 1. The van der Waals surface area contributed by atoms with E-state index in [9.17, 15) is 14.4 Å². The molecule has 0 saturated heterocycles. The highest BCUT2D eigenvalue weighted by Crippen LogP contribution is 2.32. The van der Waals surface area contributed by atoms with E-state index in [-0.39, 0.29) is 24.3 Å². The lowest BCUT2D eigenvalue weighted by Crippen LogP contribution is -2.44. The van der Waals surface area contributed by atoms with Crippen LogP contribution in [-0.4, -0.2) is 53.8 Å². The second kappa shape index (κ2) is 8.66. The number of aromatic nitrogens is 2. The van der Waals surface area contributed by atoms with Gasteiger partial charge in [0.2, 0.25) is 17.7 Å². The van der Waals surface area contributed by atoms with Gasteiger partial charge in [-0.05, 0) is 11.6 Å². The quantitative estimate of drug-likeness (QED) is 0.678. The van der Waals surface area contributed by atoms with E-state index in [2.05, 4.69) is 15.7 Å². The lowest BCUT2D eigenvalue weighted by atomic mass is 10.1. The minimum Gasteiger partial charge on any atom is -0.383 e. The highest BCUT2D eigenvalue weighted by atomic mass is 16.5. The molecule has 9 heteroatoms. The van der Waals surface area contributed by atoms with Crippen LogP contribution in [-0.2, 0) is 32.1 Å². The molecule has 1 aliphatic heterocycles. The van der Waals surface area contributed by atoms with Crippen LogP contribution in [0.5, 0.6) is 0 Å². The third-order valence-corrected chi connectivity index (χ3v) is 4.45. The Morgan fingerprint density at radius 3 is 2.82 bits per heavy atom. The van der Waals surface area contributed by atoms with E-state index in [0.717, 1.165) is 11.3 Å². The average Bonchev–Trinajstić information content (AvgIpc) is 3.26. The van der Waals surface area contributed by atoms with Gasteiger partial charge in [-0.3, -0.25) is 24.0 Å². The van der Waals surface area contributed by atoms with Crippen LogP contribution in [0.2, 0.25) is 0 Å². The van der Waals surface area contributed by atoms with Gasteiger partial charge in [-0.2, -0.15) is 5.10 Å². The lowest BCUT2D eigenvalue weighted by Gasteiger charge is -2.23. The molecular weight excluding hydrogens is 362 g/mol. The summed E-state index contributed by atoms with van der Waals surface area (Å²) in [5.41, 5.74) is 2.19. The zero-order chi connectivity index (χ0) is 20.1. The zero-order valence-corrected chi connectivity index (χ0v) is 15.8. The molecule has 1 aromatic carbocycles. The largest absolute Gasteiger partial charge is 0.383 e. The maximum Gasteiger partial charge on any atom is 0.247 e. The lowest BCUT2D eigenvalue weighted by molar-refractivity contribution is -0.122. The Kier molecular flexibility index (Phi) is 6.05. The Balaban J connectivity index is 1.62. The van der Waals surface area contributed by atoms with Gasteiger partial charge in [-0.15, -0.1) is 0 Å². The summed E-state index contributed by atoms with van der Waals surface area (Å²) in [4.78, 5) is 38.2. The molecule has 1 aromatic heterocycles. The van der Waals surface area contributed by atoms with Crippen molar-refractivity contribution in [1.29, 1.82) is 0 Å². The molecule has 3 rings (SSSR count). The van der Waals surface area contributed by atoms with E-state index in [4.69, 9.17) is 4.74 Å². The second-order valence-corrected chi connectivity index (χ2v) is 6.50. The van der Waals surface area contributed by atoms with Crippen LogP contribution in [0.3, 0.4) is 0 Å². The van der Waals surface area contributed by atoms with Gasteiger partial charge in [0.25, 0.3) is 0 Å². The number of ether oxygens (including phenoxy) is 1. The predicted molar refractivity (Wildman–Crippen MR) is 103 cm³/mol. The molecule has 0 radical (unpaired) electrons. The van der Waals surface area contributed by atoms with Crippen LogP contribution in [0.4, 0.5) is 11.4 Å². The molecule has 0 spiro atoms. The number of carbonyl (C=O) groups excluding carboxylic acids is 3. The zero-order valence-electron chi connectivity index (χ0n) is 15.8. The molecule has 0 unspecified atom stereocenters. The van der Waals surface area contributed by atoms with Crippen molar-refractivity contribution < 1.29 is 19.1 Å². The fraction of sp³-hybridized carbons (Fsp3) is 0.368. The highest BCUT2D eigenvalue weighted by molar-refractivity contribution is 6.06. The number of nitrogens with one attached hydrogen (secondary N) is 2. The first-order valence-corrected chi connectivity index (χ1v) is 8.96. The number of amides is 3. The van der Waals surface area contributed by atoms with Crippen molar-refractivity contribution in [1.82, 2.24) is 15.1 Å². The van der Waals surface area contributed by atoms with E-state index in [1.54, 1.807) is 13.3 Å². The second-order valence-electron chi connectivity index (χ2n) is 6.50. The van der Waals surface area contributed by atoms with Crippen molar-refractivity contribution >= 4 is 29.1 Å². The Hall–Kier alpha value is -3.20. The maximum atomic E-state index is 12.8. The van der Waals surface area contributed by atoms with E-state index >= 15 is 0 Å². The number of hydrogen-bond acceptors (Lipinski definition) is 5. The van der Waals surface area contributed by atoms with Gasteiger partial charge >= 0.3 is 0 Å². The SMILES string of the molecule is COCCNC(=O)Cn1cc(NC(=O)[C@@H]2Cc3ccccc3N2C(C)=O)cn1. The average molecular weight is 385 g/mol. The minimum atomic E-state index is -0.615. The summed E-state index contributed by atoms with van der Waals surface area (Å²) in [6.07, 6.45) is 3.51. The maximum absolute atomic E-state index is 12.8. The van der Waals surface area contributed by atoms with Crippen LogP contribution in [0.25, 0.3) is 0 Å². The summed E-state index contributed by atoms with van der Waals surface area (Å²) in [5.74, 6) is -0.684. The van der Waals surface area contributed by atoms with E-state index < -0.39 is 6.04 Å². The Morgan fingerprint density at radius 2 is 2.07 bits per heavy atom. The van der Waals surface area contributed by atoms with Gasteiger partial charge in [0.15, 0.2) is 0 Å². The summed E-state index contributed by atoms with van der Waals surface area (Å²) in [6.45, 7) is 2.34. The van der Waals surface area contributed by atoms with Crippen LogP contribution in [0.15, 0.2) is 36.7 Å². The fourth-order valence-corrected chi connectivity index (χ4v) is 3.22. The molecule has 1 atom stereocenters. The molecule has 2 N–H and O–H groups in total. The van der Waals surface area contributed by atoms with Crippen LogP contribution >= 0.6 is 0 Å². The normalized spacial score (nSPS) is 15.2. The number of para-hydroxylation sites is 1. The van der Waals surface area contributed by atoms with Crippen molar-refractivity contribution in [3.05, 3.63) is 42.2 Å². The number of methoxy groups -OCH3 is 1. The number of nitrogens with zero attached hydrogens (tertiary/aromatic N) is 3. The molecule has 0 bridgehead atoms. The first-order chi connectivity index (χ1) is 13.5. The highest BCUT2D eigenvalue weighted by Gasteiger charge is 2.36. The summed E-state index contributed by atoms with van der Waals surface area (Å²) in [7, 11) is 1.56. The summed E-state index contributed by atoms with van der Waals surface area (Å²) >= 11 is 0. The summed E-state index contributed by atoms with van der Waals surface area (Å²) in [5, 5.41) is 9.57. The molecule has 0 aliphatic carbocycles. The number of carbonyl (C=O) groups is 3. The summed E-state index contributed by atoms with van der Waals surface area (Å²) < 4.78 is 6.31. The number of hydrogen-bond donors (Lipinski definition) is 2. The van der Waals surface area contributed by atoms with Gasteiger partial charge in [-0.25, -0.2) is 0 Å². The molecule has 28 heavy (non-hydrogen) atoms. The van der Waals surface area contributed by atoms with Gasteiger partial charge in [0.1, 0.15) is 12.6 Å². The van der Waals surface area contributed by atoms with Gasteiger partial charge in [0.05, 0.1) is 18.5 Å². The first kappa shape index (κ1) is 19.6. The Bertz CT molecular complexity index is 879. The minimum absolute atomic E-state index is 0.0357. The van der Waals surface area contributed by atoms with Gasteiger partial charge in [0, 0.05) is 38.9 Å². The van der Waals surface area contributed by atoms with E-state index in [1.807, 2.05) is 24.3 Å². The smallest absolute Gasteiger partial charge is 0.247 e. The van der Waals surface area contributed by atoms with Crippen molar-refractivity contribution in [2.45, 2.75) is 25.9 Å². The Labute approximate surface area is 162 Å². The van der Waals surface area contributed by atoms with Crippen LogP contribution in [0.1, 0.15) is 12.5 Å². The standard InChI is InChI=1S/C19H23N5O4/c1-13(25)24-16-6-4-3-5-14(16)9-17(24)19(27)22-15-10-21-23(11-15)12-18(26)20-7-8-28-2/h3-6,10-11,17H,7-9,12H2,1-2H3,(H,20,26)(H,22,27)/t17-/m0/s1.